The molecule has 2 rings (SSSR count). The van der Waals surface area contributed by atoms with Crippen molar-refractivity contribution in [3.63, 3.8) is 0 Å². The van der Waals surface area contributed by atoms with E-state index in [0.717, 1.165) is 24.8 Å². The minimum atomic E-state index is -0.251. The van der Waals surface area contributed by atoms with Crippen LogP contribution < -0.4 is 0 Å². The van der Waals surface area contributed by atoms with Gasteiger partial charge in [0.2, 0.25) is 6.08 Å². The largest absolute Gasteiger partial charge is 0.235 e. The van der Waals surface area contributed by atoms with Gasteiger partial charge in [0.05, 0.1) is 5.54 Å². The number of benzene rings is 1. The molecule has 2 nitrogen and oxygen atoms in total. The van der Waals surface area contributed by atoms with Crippen molar-refractivity contribution in [1.29, 1.82) is 0 Å². The van der Waals surface area contributed by atoms with Crippen LogP contribution in [0.1, 0.15) is 24.8 Å². The van der Waals surface area contributed by atoms with E-state index in [0.29, 0.717) is 0 Å². The fourth-order valence-electron chi connectivity index (χ4n) is 1.97. The van der Waals surface area contributed by atoms with Crippen LogP contribution in [0.3, 0.4) is 0 Å². The first-order chi connectivity index (χ1) is 7.30. The normalized spacial score (nSPS) is 17.7. The Kier molecular flexibility index (Phi) is 2.94. The number of hydrogen-bond acceptors (Lipinski definition) is 3. The molecule has 0 aliphatic heterocycles. The summed E-state index contributed by atoms with van der Waals surface area (Å²) >= 11 is 1.72. The minimum Gasteiger partial charge on any atom is -0.211 e. The van der Waals surface area contributed by atoms with Crippen molar-refractivity contribution in [2.45, 2.75) is 29.7 Å². The Morgan fingerprint density at radius 3 is 2.40 bits per heavy atom. The van der Waals surface area contributed by atoms with Crippen LogP contribution in [-0.2, 0) is 10.3 Å². The van der Waals surface area contributed by atoms with E-state index < -0.39 is 0 Å². The van der Waals surface area contributed by atoms with E-state index in [-0.39, 0.29) is 5.54 Å². The second-order valence-corrected chi connectivity index (χ2v) is 4.70. The average Bonchev–Trinajstić information content (AvgIpc) is 2.24. The van der Waals surface area contributed by atoms with Gasteiger partial charge in [-0.25, -0.2) is 4.79 Å². The van der Waals surface area contributed by atoms with Crippen LogP contribution in [0, 0.1) is 0 Å². The molecular weight excluding hydrogens is 206 g/mol. The fourth-order valence-corrected chi connectivity index (χ4v) is 2.37. The highest BCUT2D eigenvalue weighted by Crippen LogP contribution is 2.44. The quantitative estimate of drug-likeness (QED) is 0.444. The molecule has 3 heteroatoms. The zero-order valence-electron chi connectivity index (χ0n) is 8.69. The monoisotopic (exact) mass is 219 g/mol. The van der Waals surface area contributed by atoms with Crippen molar-refractivity contribution in [3.8, 4) is 0 Å². The van der Waals surface area contributed by atoms with Gasteiger partial charge >= 0.3 is 0 Å². The highest BCUT2D eigenvalue weighted by Gasteiger charge is 2.38. The molecule has 78 valence electrons. The number of thioether (sulfide) groups is 1. The standard InChI is InChI=1S/C12H13NOS/c1-15-11-5-3-10(4-6-11)12(13-9-14)7-2-8-12/h3-6H,2,7-8H2,1H3. The lowest BCUT2D eigenvalue weighted by molar-refractivity contribution is 0.256. The maximum atomic E-state index is 10.4. The van der Waals surface area contributed by atoms with E-state index in [1.807, 2.05) is 0 Å². The molecular formula is C12H13NOS. The third-order valence-corrected chi connectivity index (χ3v) is 3.81. The molecule has 1 aromatic carbocycles. The molecule has 1 aliphatic rings. The molecule has 0 unspecified atom stereocenters. The molecule has 0 atom stereocenters. The average molecular weight is 219 g/mol. The van der Waals surface area contributed by atoms with E-state index in [2.05, 4.69) is 35.5 Å². The first kappa shape index (κ1) is 10.5. The summed E-state index contributed by atoms with van der Waals surface area (Å²) in [5, 5.41) is 0. The molecule has 0 aromatic heterocycles. The van der Waals surface area contributed by atoms with E-state index in [1.54, 1.807) is 17.8 Å². The number of isocyanates is 1. The van der Waals surface area contributed by atoms with Gasteiger partial charge in [-0.2, -0.15) is 4.99 Å². The number of rotatable bonds is 3. The zero-order valence-corrected chi connectivity index (χ0v) is 9.51. The maximum absolute atomic E-state index is 10.4. The zero-order chi connectivity index (χ0) is 10.7. The Morgan fingerprint density at radius 2 is 2.00 bits per heavy atom. The lowest BCUT2D eigenvalue weighted by Gasteiger charge is -2.37. The SMILES string of the molecule is CSc1ccc(C2(N=C=O)CCC2)cc1. The van der Waals surface area contributed by atoms with Crippen LogP contribution in [-0.4, -0.2) is 12.3 Å². The van der Waals surface area contributed by atoms with Crippen LogP contribution >= 0.6 is 11.8 Å². The molecule has 0 bridgehead atoms. The van der Waals surface area contributed by atoms with Gasteiger partial charge in [-0.05, 0) is 43.2 Å². The van der Waals surface area contributed by atoms with Gasteiger partial charge in [-0.3, -0.25) is 0 Å². The molecule has 0 saturated heterocycles. The third-order valence-electron chi connectivity index (χ3n) is 3.07. The van der Waals surface area contributed by atoms with Gasteiger partial charge in [0.15, 0.2) is 0 Å². The highest BCUT2D eigenvalue weighted by atomic mass is 32.2. The third kappa shape index (κ3) is 1.85. The van der Waals surface area contributed by atoms with Gasteiger partial charge in [0.1, 0.15) is 0 Å². The fraction of sp³-hybridized carbons (Fsp3) is 0.417. The Balaban J connectivity index is 2.31. The van der Waals surface area contributed by atoms with Gasteiger partial charge in [-0.15, -0.1) is 11.8 Å². The first-order valence-corrected chi connectivity index (χ1v) is 6.27. The Bertz CT molecular complexity index is 389. The molecule has 1 fully saturated rings. The Morgan fingerprint density at radius 1 is 1.33 bits per heavy atom. The number of hydrogen-bond donors (Lipinski definition) is 0. The lowest BCUT2D eigenvalue weighted by atomic mass is 9.72. The second kappa shape index (κ2) is 4.21. The van der Waals surface area contributed by atoms with Gasteiger partial charge in [0, 0.05) is 4.90 Å². The van der Waals surface area contributed by atoms with Crippen molar-refractivity contribution in [1.82, 2.24) is 0 Å². The number of aliphatic imine (C=N–C) groups is 1. The van der Waals surface area contributed by atoms with Gasteiger partial charge < -0.3 is 0 Å². The van der Waals surface area contributed by atoms with Gasteiger partial charge in [-0.1, -0.05) is 12.1 Å². The summed E-state index contributed by atoms with van der Waals surface area (Å²) in [5.41, 5.74) is 0.897. The predicted molar refractivity (Wildman–Crippen MR) is 61.9 cm³/mol. The van der Waals surface area contributed by atoms with Crippen molar-refractivity contribution in [2.75, 3.05) is 6.26 Å². The number of nitrogens with zero attached hydrogens (tertiary/aromatic N) is 1. The van der Waals surface area contributed by atoms with Crippen molar-refractivity contribution in [3.05, 3.63) is 29.8 Å². The number of carbonyl (C=O) groups excluding carboxylic acids is 1. The summed E-state index contributed by atoms with van der Waals surface area (Å²) in [6.45, 7) is 0. The summed E-state index contributed by atoms with van der Waals surface area (Å²) in [7, 11) is 0. The molecule has 15 heavy (non-hydrogen) atoms. The van der Waals surface area contributed by atoms with Crippen molar-refractivity contribution in [2.24, 2.45) is 4.99 Å². The molecule has 0 spiro atoms. The van der Waals surface area contributed by atoms with E-state index in [1.165, 1.54) is 4.90 Å². The molecule has 0 N–H and O–H groups in total. The Hall–Kier alpha value is -1.05. The summed E-state index contributed by atoms with van der Waals surface area (Å²) in [4.78, 5) is 15.6. The molecule has 1 saturated carbocycles. The molecule has 1 aromatic rings. The van der Waals surface area contributed by atoms with Gasteiger partial charge in [0.25, 0.3) is 0 Å². The van der Waals surface area contributed by atoms with Crippen molar-refractivity contribution >= 4 is 17.8 Å². The summed E-state index contributed by atoms with van der Waals surface area (Å²) in [5.74, 6) is 0. The van der Waals surface area contributed by atoms with E-state index >= 15 is 0 Å². The first-order valence-electron chi connectivity index (χ1n) is 5.04. The minimum absolute atomic E-state index is 0.251. The maximum Gasteiger partial charge on any atom is 0.235 e. The molecule has 0 heterocycles. The van der Waals surface area contributed by atoms with Crippen LogP contribution in [0.25, 0.3) is 0 Å². The highest BCUT2D eigenvalue weighted by molar-refractivity contribution is 7.98. The van der Waals surface area contributed by atoms with Crippen molar-refractivity contribution < 1.29 is 4.79 Å². The molecule has 1 aliphatic carbocycles. The topological polar surface area (TPSA) is 29.4 Å². The van der Waals surface area contributed by atoms with Crippen LogP contribution in [0.2, 0.25) is 0 Å². The van der Waals surface area contributed by atoms with Crippen LogP contribution in [0.4, 0.5) is 0 Å². The summed E-state index contributed by atoms with van der Waals surface area (Å²) < 4.78 is 0. The smallest absolute Gasteiger partial charge is 0.211 e. The molecule has 0 amide bonds. The lowest BCUT2D eigenvalue weighted by Crippen LogP contribution is -2.31. The summed E-state index contributed by atoms with van der Waals surface area (Å²) in [6.07, 6.45) is 6.86. The second-order valence-electron chi connectivity index (χ2n) is 3.82. The van der Waals surface area contributed by atoms with Crippen LogP contribution in [0.5, 0.6) is 0 Å². The molecule has 0 radical (unpaired) electrons. The Labute approximate surface area is 93.8 Å². The van der Waals surface area contributed by atoms with E-state index in [4.69, 9.17) is 0 Å². The predicted octanol–water partition coefficient (Wildman–Crippen LogP) is 3.12. The van der Waals surface area contributed by atoms with Crippen LogP contribution in [0.15, 0.2) is 34.2 Å². The summed E-state index contributed by atoms with van der Waals surface area (Å²) in [6, 6.07) is 8.32. The van der Waals surface area contributed by atoms with E-state index in [9.17, 15) is 4.79 Å².